The third kappa shape index (κ3) is 701. The van der Waals surface area contributed by atoms with Crippen molar-refractivity contribution in [2.75, 3.05) is 12.5 Å². The average Bonchev–Trinajstić information content (AvgIpc) is 1.36. The molecule has 0 fully saturated rings. The SMILES string of the molecule is CC.CS(C)(=O)=O.[V]. The van der Waals surface area contributed by atoms with Gasteiger partial charge in [0.05, 0.1) is 0 Å². The summed E-state index contributed by atoms with van der Waals surface area (Å²) >= 11 is 0. The van der Waals surface area contributed by atoms with E-state index in [-0.39, 0.29) is 18.6 Å². The maximum absolute atomic E-state index is 9.63. The first-order valence-electron chi connectivity index (χ1n) is 2.15. The number of sulfone groups is 1. The molecule has 0 saturated carbocycles. The van der Waals surface area contributed by atoms with Crippen LogP contribution in [0.4, 0.5) is 0 Å². The molecular formula is C4H12O2SV. The predicted octanol–water partition coefficient (Wildman–Crippen LogP) is 0.685. The van der Waals surface area contributed by atoms with E-state index in [1.807, 2.05) is 13.8 Å². The van der Waals surface area contributed by atoms with Gasteiger partial charge in [-0.2, -0.15) is 0 Å². The molecule has 0 saturated heterocycles. The molecule has 4 heteroatoms. The Labute approximate surface area is 63.5 Å². The Balaban J connectivity index is -0.0000000750. The average molecular weight is 175 g/mol. The van der Waals surface area contributed by atoms with Gasteiger partial charge >= 0.3 is 0 Å². The van der Waals surface area contributed by atoms with E-state index >= 15 is 0 Å². The summed E-state index contributed by atoms with van der Waals surface area (Å²) in [5.41, 5.74) is 0. The summed E-state index contributed by atoms with van der Waals surface area (Å²) in [4.78, 5) is 0. The Morgan fingerprint density at radius 3 is 1.00 bits per heavy atom. The number of rotatable bonds is 0. The summed E-state index contributed by atoms with van der Waals surface area (Å²) in [5.74, 6) is 0. The molecule has 0 atom stereocenters. The molecule has 0 amide bonds. The third-order valence-corrected chi connectivity index (χ3v) is 0. The Hall–Kier alpha value is 0.534. The van der Waals surface area contributed by atoms with Gasteiger partial charge in [-0.15, -0.1) is 0 Å². The molecule has 0 aliphatic rings. The summed E-state index contributed by atoms with van der Waals surface area (Å²) in [6.45, 7) is 4.00. The quantitative estimate of drug-likeness (QED) is 0.542. The molecule has 0 aromatic carbocycles. The van der Waals surface area contributed by atoms with Crippen LogP contribution in [-0.2, 0) is 28.4 Å². The fourth-order valence-corrected chi connectivity index (χ4v) is 0. The molecule has 8 heavy (non-hydrogen) atoms. The second-order valence-electron chi connectivity index (χ2n) is 1.14. The first kappa shape index (κ1) is 15.8. The molecule has 0 aliphatic heterocycles. The molecule has 0 heterocycles. The summed E-state index contributed by atoms with van der Waals surface area (Å²) in [5, 5.41) is 0. The second kappa shape index (κ2) is 7.53. The largest absolute Gasteiger partial charge is 0.229 e. The minimum atomic E-state index is -2.67. The topological polar surface area (TPSA) is 34.1 Å². The normalized spacial score (nSPS) is 8.00. The van der Waals surface area contributed by atoms with E-state index in [2.05, 4.69) is 0 Å². The second-order valence-corrected chi connectivity index (χ2v) is 3.43. The molecular weight excluding hydrogens is 163 g/mol. The predicted molar refractivity (Wildman–Crippen MR) is 32.1 cm³/mol. The van der Waals surface area contributed by atoms with Crippen LogP contribution in [0.5, 0.6) is 0 Å². The molecule has 0 spiro atoms. The van der Waals surface area contributed by atoms with Gasteiger partial charge in [-0.25, -0.2) is 8.42 Å². The van der Waals surface area contributed by atoms with E-state index in [0.29, 0.717) is 0 Å². The smallest absolute Gasteiger partial charge is 0.144 e. The van der Waals surface area contributed by atoms with Gasteiger partial charge < -0.3 is 0 Å². The minimum Gasteiger partial charge on any atom is -0.229 e. The van der Waals surface area contributed by atoms with Crippen molar-refractivity contribution < 1.29 is 27.0 Å². The van der Waals surface area contributed by atoms with Crippen molar-refractivity contribution in [3.8, 4) is 0 Å². The molecule has 0 N–H and O–H groups in total. The summed E-state index contributed by atoms with van der Waals surface area (Å²) in [6, 6.07) is 0. The molecule has 51 valence electrons. The minimum absolute atomic E-state index is 0. The monoisotopic (exact) mass is 175 g/mol. The first-order chi connectivity index (χ1) is 3.00. The fraction of sp³-hybridized carbons (Fsp3) is 1.00. The van der Waals surface area contributed by atoms with Gasteiger partial charge in [0.15, 0.2) is 0 Å². The molecule has 1 radical (unpaired) electrons. The Kier molecular flexibility index (Phi) is 14.9. The van der Waals surface area contributed by atoms with Crippen LogP contribution in [0.3, 0.4) is 0 Å². The van der Waals surface area contributed by atoms with Crippen LogP contribution in [0.15, 0.2) is 0 Å². The van der Waals surface area contributed by atoms with Crippen molar-refractivity contribution in [1.82, 2.24) is 0 Å². The van der Waals surface area contributed by atoms with Crippen LogP contribution >= 0.6 is 0 Å². The van der Waals surface area contributed by atoms with Crippen molar-refractivity contribution >= 4 is 9.84 Å². The van der Waals surface area contributed by atoms with Crippen molar-refractivity contribution in [1.29, 1.82) is 0 Å². The zero-order valence-electron chi connectivity index (χ0n) is 5.67. The van der Waals surface area contributed by atoms with Crippen LogP contribution in [0.2, 0.25) is 0 Å². The first-order valence-corrected chi connectivity index (χ1v) is 4.45. The summed E-state index contributed by atoms with van der Waals surface area (Å²) in [6.07, 6.45) is 2.32. The zero-order valence-corrected chi connectivity index (χ0v) is 7.89. The van der Waals surface area contributed by atoms with Crippen molar-refractivity contribution in [3.05, 3.63) is 0 Å². The molecule has 2 nitrogen and oxygen atoms in total. The van der Waals surface area contributed by atoms with Gasteiger partial charge in [-0.1, -0.05) is 13.8 Å². The van der Waals surface area contributed by atoms with Crippen molar-refractivity contribution in [2.45, 2.75) is 13.8 Å². The Morgan fingerprint density at radius 2 is 1.00 bits per heavy atom. The van der Waals surface area contributed by atoms with Crippen LogP contribution in [-0.4, -0.2) is 20.9 Å². The number of hydrogen-bond acceptors (Lipinski definition) is 2. The summed E-state index contributed by atoms with van der Waals surface area (Å²) in [7, 11) is -2.67. The van der Waals surface area contributed by atoms with E-state index in [4.69, 9.17) is 0 Å². The zero-order chi connectivity index (χ0) is 6.50. The summed E-state index contributed by atoms with van der Waals surface area (Å²) < 4.78 is 19.3. The van der Waals surface area contributed by atoms with Crippen molar-refractivity contribution in [3.63, 3.8) is 0 Å². The van der Waals surface area contributed by atoms with Crippen LogP contribution in [0.25, 0.3) is 0 Å². The molecule has 0 aromatic heterocycles. The van der Waals surface area contributed by atoms with Gasteiger partial charge in [0.2, 0.25) is 0 Å². The van der Waals surface area contributed by atoms with Crippen LogP contribution in [0, 0.1) is 0 Å². The third-order valence-electron chi connectivity index (χ3n) is 0. The van der Waals surface area contributed by atoms with Gasteiger partial charge in [0, 0.05) is 31.1 Å². The maximum Gasteiger partial charge on any atom is 0.144 e. The molecule has 0 rings (SSSR count). The van der Waals surface area contributed by atoms with Gasteiger partial charge in [0.25, 0.3) is 0 Å². The van der Waals surface area contributed by atoms with E-state index in [1.165, 1.54) is 0 Å². The van der Waals surface area contributed by atoms with E-state index in [0.717, 1.165) is 12.5 Å². The maximum atomic E-state index is 9.63. The van der Waals surface area contributed by atoms with Gasteiger partial charge in [0.1, 0.15) is 9.84 Å². The number of hydrogen-bond donors (Lipinski definition) is 0. The van der Waals surface area contributed by atoms with Crippen LogP contribution < -0.4 is 0 Å². The molecule has 0 unspecified atom stereocenters. The molecule has 0 aliphatic carbocycles. The van der Waals surface area contributed by atoms with E-state index < -0.39 is 9.84 Å². The standard InChI is InChI=1S/C2H6O2S.C2H6.V/c1-5(2,3)4;1-2;/h1-2H3;1-2H3;. The van der Waals surface area contributed by atoms with E-state index in [9.17, 15) is 8.42 Å². The van der Waals surface area contributed by atoms with E-state index in [1.54, 1.807) is 0 Å². The Morgan fingerprint density at radius 1 is 1.00 bits per heavy atom. The molecule has 0 aromatic rings. The van der Waals surface area contributed by atoms with Gasteiger partial charge in [-0.3, -0.25) is 0 Å². The van der Waals surface area contributed by atoms with Gasteiger partial charge in [-0.05, 0) is 0 Å². The Bertz CT molecular complexity index is 97.2. The fourth-order valence-electron chi connectivity index (χ4n) is 0. The van der Waals surface area contributed by atoms with Crippen LogP contribution in [0.1, 0.15) is 13.8 Å². The molecule has 0 bridgehead atoms. The van der Waals surface area contributed by atoms with Crippen molar-refractivity contribution in [2.24, 2.45) is 0 Å².